The quantitative estimate of drug-likeness (QED) is 0.414. The highest BCUT2D eigenvalue weighted by Gasteiger charge is 2.00. The highest BCUT2D eigenvalue weighted by atomic mass is 32.2. The monoisotopic (exact) mass is 256 g/mol. The number of carbonyl (C=O) groups is 1. The summed E-state index contributed by atoms with van der Waals surface area (Å²) in [6.07, 6.45) is 0.916. The van der Waals surface area contributed by atoms with Crippen LogP contribution >= 0.6 is 0 Å². The highest BCUT2D eigenvalue weighted by molar-refractivity contribution is 7.85. The highest BCUT2D eigenvalue weighted by Crippen LogP contribution is 1.87. The average Bonchev–Trinajstić information content (AvgIpc) is 2.13. The lowest BCUT2D eigenvalue weighted by Crippen LogP contribution is -2.13. The largest absolute Gasteiger partial charge is 0.481 e. The molecule has 1 N–H and O–H groups in total. The van der Waals surface area contributed by atoms with Gasteiger partial charge in [-0.25, -0.2) is 0 Å². The summed E-state index contributed by atoms with van der Waals surface area (Å²) in [5, 5.41) is 8.28. The van der Waals surface area contributed by atoms with Crippen LogP contribution in [-0.4, -0.2) is 58.8 Å². The average molecular weight is 256 g/mol. The summed E-state index contributed by atoms with van der Waals surface area (Å²) in [4.78, 5) is 10.1. The van der Waals surface area contributed by atoms with E-state index in [1.54, 1.807) is 0 Å². The Morgan fingerprint density at radius 2 is 1.56 bits per heavy atom. The molecule has 0 amide bonds. The first-order chi connectivity index (χ1) is 7.42. The number of carboxylic acids is 1. The van der Waals surface area contributed by atoms with Crippen LogP contribution in [0.1, 0.15) is 6.42 Å². The van der Waals surface area contributed by atoms with Crippen LogP contribution in [-0.2, 0) is 28.6 Å². The first kappa shape index (κ1) is 15.3. The maximum absolute atomic E-state index is 10.5. The molecule has 0 radical (unpaired) electrons. The topological polar surface area (TPSA) is 99.1 Å². The third-order valence-corrected chi connectivity index (χ3v) is 1.95. The summed E-state index contributed by atoms with van der Waals surface area (Å²) >= 11 is 0. The predicted octanol–water partition coefficient (Wildman–Crippen LogP) is -0.529. The van der Waals surface area contributed by atoms with Gasteiger partial charge >= 0.3 is 5.97 Å². The summed E-state index contributed by atoms with van der Waals surface area (Å²) in [6.45, 7) is 0.792. The molecule has 96 valence electrons. The Morgan fingerprint density at radius 3 is 2.06 bits per heavy atom. The van der Waals surface area contributed by atoms with Crippen LogP contribution in [0.4, 0.5) is 0 Å². The summed E-state index contributed by atoms with van der Waals surface area (Å²) in [5.74, 6) is -0.914. The minimum Gasteiger partial charge on any atom is -0.481 e. The fourth-order valence-corrected chi connectivity index (χ4v) is 1.10. The molecule has 0 unspecified atom stereocenters. The van der Waals surface area contributed by atoms with Crippen molar-refractivity contribution in [3.05, 3.63) is 0 Å². The molecular weight excluding hydrogens is 240 g/mol. The Labute approximate surface area is 94.4 Å². The van der Waals surface area contributed by atoms with Crippen molar-refractivity contribution in [1.82, 2.24) is 0 Å². The van der Waals surface area contributed by atoms with E-state index in [-0.39, 0.29) is 39.5 Å². The number of carboxylic acid groups (broad SMARTS) is 1. The van der Waals surface area contributed by atoms with Crippen molar-refractivity contribution in [3.8, 4) is 0 Å². The molecule has 0 heterocycles. The van der Waals surface area contributed by atoms with Crippen LogP contribution in [0.25, 0.3) is 0 Å². The normalized spacial score (nSPS) is 11.6. The zero-order valence-electron chi connectivity index (χ0n) is 9.05. The van der Waals surface area contributed by atoms with Gasteiger partial charge in [-0.05, 0) is 0 Å². The van der Waals surface area contributed by atoms with Crippen LogP contribution in [0.5, 0.6) is 0 Å². The van der Waals surface area contributed by atoms with Crippen LogP contribution < -0.4 is 0 Å². The van der Waals surface area contributed by atoms with Gasteiger partial charge in [0.15, 0.2) is 0 Å². The molecule has 0 aromatic carbocycles. The lowest BCUT2D eigenvalue weighted by Gasteiger charge is -2.04. The van der Waals surface area contributed by atoms with E-state index in [1.165, 1.54) is 0 Å². The van der Waals surface area contributed by atoms with Crippen molar-refractivity contribution in [2.45, 2.75) is 6.42 Å². The SMILES string of the molecule is CS(=O)(=O)OCCOCCOCCC(=O)O. The first-order valence-corrected chi connectivity index (χ1v) is 6.45. The van der Waals surface area contributed by atoms with Gasteiger partial charge in [0.1, 0.15) is 0 Å². The number of hydrogen-bond donors (Lipinski definition) is 1. The van der Waals surface area contributed by atoms with Crippen molar-refractivity contribution < 1.29 is 32.0 Å². The smallest absolute Gasteiger partial charge is 0.305 e. The second-order valence-electron chi connectivity index (χ2n) is 2.89. The summed E-state index contributed by atoms with van der Waals surface area (Å²) in [5.41, 5.74) is 0. The molecule has 0 atom stereocenters. The molecule has 0 aliphatic carbocycles. The zero-order chi connectivity index (χ0) is 12.4. The number of aliphatic carboxylic acids is 1. The Kier molecular flexibility index (Phi) is 8.08. The summed E-state index contributed by atoms with van der Waals surface area (Å²) in [6, 6.07) is 0. The van der Waals surface area contributed by atoms with Crippen molar-refractivity contribution in [2.24, 2.45) is 0 Å². The molecule has 0 saturated heterocycles. The van der Waals surface area contributed by atoms with Crippen molar-refractivity contribution in [2.75, 3.05) is 39.3 Å². The van der Waals surface area contributed by atoms with Gasteiger partial charge in [-0.15, -0.1) is 0 Å². The molecule has 0 fully saturated rings. The molecule has 0 bridgehead atoms. The number of rotatable bonds is 10. The number of hydrogen-bond acceptors (Lipinski definition) is 6. The fourth-order valence-electron chi connectivity index (χ4n) is 0.726. The van der Waals surface area contributed by atoms with E-state index in [0.717, 1.165) is 6.26 Å². The van der Waals surface area contributed by atoms with E-state index < -0.39 is 16.1 Å². The molecule has 0 aromatic heterocycles. The molecule has 0 aromatic rings. The second-order valence-corrected chi connectivity index (χ2v) is 4.54. The zero-order valence-corrected chi connectivity index (χ0v) is 9.86. The molecule has 7 nitrogen and oxygen atoms in total. The van der Waals surface area contributed by atoms with Gasteiger partial charge in [-0.2, -0.15) is 8.42 Å². The fraction of sp³-hybridized carbons (Fsp3) is 0.875. The first-order valence-electron chi connectivity index (χ1n) is 4.63. The van der Waals surface area contributed by atoms with Crippen LogP contribution in [0.2, 0.25) is 0 Å². The standard InChI is InChI=1S/C8H16O7S/c1-16(11,12)15-7-6-14-5-4-13-3-2-8(9)10/h2-7H2,1H3,(H,9,10). The van der Waals surface area contributed by atoms with E-state index in [1.807, 2.05) is 0 Å². The third-order valence-electron chi connectivity index (χ3n) is 1.36. The van der Waals surface area contributed by atoms with Crippen molar-refractivity contribution in [1.29, 1.82) is 0 Å². The molecule has 16 heavy (non-hydrogen) atoms. The van der Waals surface area contributed by atoms with E-state index in [2.05, 4.69) is 4.18 Å². The lowest BCUT2D eigenvalue weighted by atomic mass is 10.5. The van der Waals surface area contributed by atoms with E-state index >= 15 is 0 Å². The van der Waals surface area contributed by atoms with E-state index in [9.17, 15) is 13.2 Å². The summed E-state index contributed by atoms with van der Waals surface area (Å²) < 4.78 is 35.3. The molecule has 0 saturated carbocycles. The Balaban J connectivity index is 3.13. The molecule has 0 aliphatic rings. The van der Waals surface area contributed by atoms with Crippen LogP contribution in [0.15, 0.2) is 0 Å². The van der Waals surface area contributed by atoms with Gasteiger partial charge in [-0.1, -0.05) is 0 Å². The van der Waals surface area contributed by atoms with Gasteiger partial charge in [0.2, 0.25) is 0 Å². The summed E-state index contributed by atoms with van der Waals surface area (Å²) in [7, 11) is -3.41. The molecule has 0 aliphatic heterocycles. The van der Waals surface area contributed by atoms with Gasteiger partial charge in [0, 0.05) is 0 Å². The minimum atomic E-state index is -3.41. The second kappa shape index (κ2) is 8.45. The van der Waals surface area contributed by atoms with E-state index in [0.29, 0.717) is 0 Å². The van der Waals surface area contributed by atoms with E-state index in [4.69, 9.17) is 14.6 Å². The molecular formula is C8H16O7S. The Bertz CT molecular complexity index is 285. The van der Waals surface area contributed by atoms with Gasteiger partial charge in [0.05, 0.1) is 45.7 Å². The minimum absolute atomic E-state index is 0.0338. The van der Waals surface area contributed by atoms with Crippen LogP contribution in [0.3, 0.4) is 0 Å². The maximum atomic E-state index is 10.5. The predicted molar refractivity (Wildman–Crippen MR) is 54.7 cm³/mol. The molecule has 0 rings (SSSR count). The third kappa shape index (κ3) is 13.3. The van der Waals surface area contributed by atoms with Gasteiger partial charge in [-0.3, -0.25) is 8.98 Å². The molecule has 0 spiro atoms. The van der Waals surface area contributed by atoms with Crippen LogP contribution in [0, 0.1) is 0 Å². The molecule has 8 heteroatoms. The van der Waals surface area contributed by atoms with Crippen molar-refractivity contribution >= 4 is 16.1 Å². The van der Waals surface area contributed by atoms with Gasteiger partial charge in [0.25, 0.3) is 10.1 Å². The maximum Gasteiger partial charge on any atom is 0.305 e. The lowest BCUT2D eigenvalue weighted by molar-refractivity contribution is -0.138. The van der Waals surface area contributed by atoms with Crippen molar-refractivity contribution in [3.63, 3.8) is 0 Å². The Morgan fingerprint density at radius 1 is 1.06 bits per heavy atom. The Hall–Kier alpha value is -0.700. The van der Waals surface area contributed by atoms with Gasteiger partial charge < -0.3 is 14.6 Å². The number of ether oxygens (including phenoxy) is 2.